The first kappa shape index (κ1) is 18.3. The van der Waals surface area contributed by atoms with E-state index in [9.17, 15) is 4.39 Å². The van der Waals surface area contributed by atoms with Crippen molar-refractivity contribution >= 4 is 0 Å². The van der Waals surface area contributed by atoms with Crippen LogP contribution in [0.5, 0.6) is 0 Å². The first-order valence-corrected chi connectivity index (χ1v) is 10.8. The second kappa shape index (κ2) is 7.27. The van der Waals surface area contributed by atoms with Gasteiger partial charge in [-0.15, -0.1) is 0 Å². The molecule has 2 aliphatic carbocycles. The fraction of sp³-hybridized carbons (Fsp3) is 0.609. The molecule has 0 radical (unpaired) electrons. The number of hydrogen-bond acceptors (Lipinski definition) is 3. The molecule has 0 amide bonds. The molecular formula is C23H30FN3O. The van der Waals surface area contributed by atoms with Crippen LogP contribution in [0.15, 0.2) is 30.3 Å². The first-order valence-electron chi connectivity index (χ1n) is 10.8. The second-order valence-corrected chi connectivity index (χ2v) is 8.98. The molecule has 1 aromatic heterocycles. The number of fused-ring (bicyclic) bond motifs is 1. The van der Waals surface area contributed by atoms with Crippen LogP contribution in [0.4, 0.5) is 4.39 Å². The molecule has 2 aromatic rings. The summed E-state index contributed by atoms with van der Waals surface area (Å²) >= 11 is 0. The minimum Gasteiger partial charge on any atom is -0.380 e. The highest BCUT2D eigenvalue weighted by Crippen LogP contribution is 2.64. The average molecular weight is 384 g/mol. The summed E-state index contributed by atoms with van der Waals surface area (Å²) in [7, 11) is 0. The fourth-order valence-electron chi connectivity index (χ4n) is 5.51. The van der Waals surface area contributed by atoms with E-state index in [4.69, 9.17) is 9.84 Å². The zero-order valence-corrected chi connectivity index (χ0v) is 16.9. The maximum Gasteiger partial charge on any atom is 0.123 e. The highest BCUT2D eigenvalue weighted by molar-refractivity contribution is 5.60. The molecule has 2 unspecified atom stereocenters. The summed E-state index contributed by atoms with van der Waals surface area (Å²) < 4.78 is 21.1. The molecule has 0 bridgehead atoms. The van der Waals surface area contributed by atoms with Gasteiger partial charge in [0, 0.05) is 49.0 Å². The Kier molecular flexibility index (Phi) is 4.76. The van der Waals surface area contributed by atoms with Crippen molar-refractivity contribution in [1.82, 2.24) is 14.7 Å². The molecule has 0 N–H and O–H groups in total. The topological polar surface area (TPSA) is 30.3 Å². The third-order valence-corrected chi connectivity index (χ3v) is 6.93. The lowest BCUT2D eigenvalue weighted by atomic mass is 10.0. The molecular weight excluding hydrogens is 353 g/mol. The monoisotopic (exact) mass is 383 g/mol. The Balaban J connectivity index is 1.33. The Morgan fingerprint density at radius 2 is 1.82 bits per heavy atom. The van der Waals surface area contributed by atoms with E-state index in [0.29, 0.717) is 12.0 Å². The lowest BCUT2D eigenvalue weighted by molar-refractivity contribution is 0.129. The Hall–Kier alpha value is -1.72. The summed E-state index contributed by atoms with van der Waals surface area (Å²) in [4.78, 5) is 2.67. The first-order chi connectivity index (χ1) is 13.6. The van der Waals surface area contributed by atoms with E-state index >= 15 is 0 Å². The van der Waals surface area contributed by atoms with E-state index in [-0.39, 0.29) is 5.82 Å². The minimum atomic E-state index is -0.200. The van der Waals surface area contributed by atoms with Crippen molar-refractivity contribution in [1.29, 1.82) is 0 Å². The van der Waals surface area contributed by atoms with Crippen molar-refractivity contribution < 1.29 is 9.13 Å². The maximum atomic E-state index is 13.3. The number of benzene rings is 1. The maximum absolute atomic E-state index is 13.3. The van der Waals surface area contributed by atoms with E-state index in [2.05, 4.69) is 29.5 Å². The predicted molar refractivity (Wildman–Crippen MR) is 108 cm³/mol. The molecule has 4 nitrogen and oxygen atoms in total. The Labute approximate surface area is 166 Å². The normalized spacial score (nSPS) is 30.4. The molecule has 2 saturated carbocycles. The van der Waals surface area contributed by atoms with Crippen LogP contribution < -0.4 is 0 Å². The number of halogens is 1. The quantitative estimate of drug-likeness (QED) is 0.780. The van der Waals surface area contributed by atoms with Crippen molar-refractivity contribution in [3.8, 4) is 11.3 Å². The number of aromatic nitrogens is 2. The molecule has 0 spiro atoms. The standard InChI is InChI=1S/C23H30FN3O/c1-15(2)27-22(14-21(25-27)16-4-6-17(24)7-5-16)23-19-12-18(13-20(19)23)26-8-3-10-28-11-9-26/h4-7,14-15,18-20,23H,3,8-13H2,1-2H3. The van der Waals surface area contributed by atoms with Gasteiger partial charge in [0.15, 0.2) is 0 Å². The Morgan fingerprint density at radius 3 is 2.54 bits per heavy atom. The summed E-state index contributed by atoms with van der Waals surface area (Å²) in [6, 6.07) is 10.0. The Morgan fingerprint density at radius 1 is 1.07 bits per heavy atom. The third kappa shape index (κ3) is 3.29. The number of hydrogen-bond donors (Lipinski definition) is 0. The fourth-order valence-corrected chi connectivity index (χ4v) is 5.51. The van der Waals surface area contributed by atoms with Crippen LogP contribution in [0, 0.1) is 17.7 Å². The lowest BCUT2D eigenvalue weighted by Crippen LogP contribution is -2.36. The van der Waals surface area contributed by atoms with Crippen LogP contribution >= 0.6 is 0 Å². The number of ether oxygens (including phenoxy) is 1. The van der Waals surface area contributed by atoms with Crippen molar-refractivity contribution in [2.45, 2.75) is 51.1 Å². The van der Waals surface area contributed by atoms with Gasteiger partial charge in [0.05, 0.1) is 12.3 Å². The van der Waals surface area contributed by atoms with Gasteiger partial charge in [0.2, 0.25) is 0 Å². The van der Waals surface area contributed by atoms with Crippen LogP contribution in [0.25, 0.3) is 11.3 Å². The zero-order valence-electron chi connectivity index (χ0n) is 16.9. The second-order valence-electron chi connectivity index (χ2n) is 8.98. The molecule has 150 valence electrons. The highest BCUT2D eigenvalue weighted by atomic mass is 19.1. The highest BCUT2D eigenvalue weighted by Gasteiger charge is 2.58. The van der Waals surface area contributed by atoms with Gasteiger partial charge in [-0.1, -0.05) is 0 Å². The van der Waals surface area contributed by atoms with Gasteiger partial charge in [-0.2, -0.15) is 5.10 Å². The van der Waals surface area contributed by atoms with E-state index in [0.717, 1.165) is 55.3 Å². The van der Waals surface area contributed by atoms with E-state index in [1.54, 1.807) is 0 Å². The van der Waals surface area contributed by atoms with Crippen molar-refractivity contribution in [3.05, 3.63) is 41.8 Å². The predicted octanol–water partition coefficient (Wildman–Crippen LogP) is 4.48. The zero-order chi connectivity index (χ0) is 19.3. The van der Waals surface area contributed by atoms with Crippen LogP contribution in [-0.4, -0.2) is 47.0 Å². The van der Waals surface area contributed by atoms with Crippen molar-refractivity contribution in [3.63, 3.8) is 0 Å². The van der Waals surface area contributed by atoms with Crippen LogP contribution in [-0.2, 0) is 4.74 Å². The molecule has 5 heteroatoms. The molecule has 5 rings (SSSR count). The van der Waals surface area contributed by atoms with Gasteiger partial charge in [-0.05, 0) is 75.3 Å². The lowest BCUT2D eigenvalue weighted by Gasteiger charge is -2.28. The Bertz CT molecular complexity index is 811. The number of nitrogens with zero attached hydrogens (tertiary/aromatic N) is 3. The molecule has 1 aliphatic heterocycles. The molecule has 28 heavy (non-hydrogen) atoms. The largest absolute Gasteiger partial charge is 0.380 e. The van der Waals surface area contributed by atoms with E-state index in [1.807, 2.05) is 12.1 Å². The summed E-state index contributed by atoms with van der Waals surface area (Å²) in [5, 5.41) is 4.89. The van der Waals surface area contributed by atoms with Gasteiger partial charge in [0.25, 0.3) is 0 Å². The van der Waals surface area contributed by atoms with E-state index in [1.165, 1.54) is 37.2 Å². The van der Waals surface area contributed by atoms with Crippen molar-refractivity contribution in [2.75, 3.05) is 26.3 Å². The smallest absolute Gasteiger partial charge is 0.123 e. The SMILES string of the molecule is CC(C)n1nc(-c2ccc(F)cc2)cc1C1C2CC(N3CCCOCC3)CC21. The van der Waals surface area contributed by atoms with Crippen molar-refractivity contribution in [2.24, 2.45) is 11.8 Å². The molecule has 3 fully saturated rings. The van der Waals surface area contributed by atoms with Gasteiger partial charge in [-0.25, -0.2) is 4.39 Å². The number of rotatable bonds is 4. The summed E-state index contributed by atoms with van der Waals surface area (Å²) in [5.74, 6) is 2.03. The van der Waals surface area contributed by atoms with Crippen LogP contribution in [0.1, 0.15) is 50.8 Å². The summed E-state index contributed by atoms with van der Waals surface area (Å²) in [5.41, 5.74) is 3.34. The van der Waals surface area contributed by atoms with Gasteiger partial charge < -0.3 is 4.74 Å². The van der Waals surface area contributed by atoms with Gasteiger partial charge in [-0.3, -0.25) is 9.58 Å². The molecule has 2 heterocycles. The molecule has 2 atom stereocenters. The molecule has 1 aromatic carbocycles. The molecule has 1 saturated heterocycles. The third-order valence-electron chi connectivity index (χ3n) is 6.93. The van der Waals surface area contributed by atoms with Gasteiger partial charge in [0.1, 0.15) is 5.82 Å². The van der Waals surface area contributed by atoms with Crippen LogP contribution in [0.2, 0.25) is 0 Å². The van der Waals surface area contributed by atoms with Gasteiger partial charge >= 0.3 is 0 Å². The summed E-state index contributed by atoms with van der Waals surface area (Å²) in [6.45, 7) is 8.47. The minimum absolute atomic E-state index is 0.200. The molecule has 3 aliphatic rings. The summed E-state index contributed by atoms with van der Waals surface area (Å²) in [6.07, 6.45) is 3.78. The van der Waals surface area contributed by atoms with Crippen LogP contribution in [0.3, 0.4) is 0 Å². The van der Waals surface area contributed by atoms with E-state index < -0.39 is 0 Å². The average Bonchev–Trinajstić information content (AvgIpc) is 3.02.